The summed E-state index contributed by atoms with van der Waals surface area (Å²) in [5, 5.41) is 6.71. The van der Waals surface area contributed by atoms with Crippen molar-refractivity contribution in [3.05, 3.63) is 36.0 Å². The van der Waals surface area contributed by atoms with E-state index in [1.807, 2.05) is 0 Å². The minimum Gasteiger partial charge on any atom is -0.344 e. The highest BCUT2D eigenvalue weighted by Gasteiger charge is 2.29. The van der Waals surface area contributed by atoms with Gasteiger partial charge in [-0.2, -0.15) is 4.98 Å². The molecule has 1 aromatic heterocycles. The molecular weight excluding hydrogens is 299 g/mol. The second kappa shape index (κ2) is 6.45. The van der Waals surface area contributed by atoms with Gasteiger partial charge in [-0.15, -0.1) is 0 Å². The quantitative estimate of drug-likeness (QED) is 0.901. The molecule has 1 heterocycles. The van der Waals surface area contributed by atoms with Gasteiger partial charge in [-0.25, -0.2) is 4.39 Å². The Labute approximate surface area is 133 Å². The number of halogens is 1. The molecule has 0 bridgehead atoms. The second-order valence-corrected chi connectivity index (χ2v) is 5.97. The van der Waals surface area contributed by atoms with E-state index < -0.39 is 6.04 Å². The lowest BCUT2D eigenvalue weighted by Gasteiger charge is -2.13. The van der Waals surface area contributed by atoms with Crippen LogP contribution in [-0.4, -0.2) is 22.1 Å². The van der Waals surface area contributed by atoms with Crippen LogP contribution in [0.15, 0.2) is 28.8 Å². The summed E-state index contributed by atoms with van der Waals surface area (Å²) in [5.41, 5.74) is 6.36. The number of hydrogen-bond acceptors (Lipinski definition) is 5. The van der Waals surface area contributed by atoms with Crippen molar-refractivity contribution in [2.24, 2.45) is 11.7 Å². The van der Waals surface area contributed by atoms with Gasteiger partial charge in [0.05, 0.1) is 0 Å². The van der Waals surface area contributed by atoms with E-state index in [1.165, 1.54) is 12.1 Å². The molecule has 7 heteroatoms. The first-order valence-corrected chi connectivity index (χ1v) is 7.68. The number of carbonyl (C=O) groups excluding carboxylic acids is 1. The first kappa shape index (κ1) is 15.6. The van der Waals surface area contributed by atoms with Gasteiger partial charge in [-0.05, 0) is 38.3 Å². The van der Waals surface area contributed by atoms with E-state index >= 15 is 0 Å². The number of aromatic nitrogens is 2. The van der Waals surface area contributed by atoms with Gasteiger partial charge >= 0.3 is 0 Å². The summed E-state index contributed by atoms with van der Waals surface area (Å²) in [6, 6.07) is 5.64. The minimum atomic E-state index is -0.408. The normalized spacial score (nSPS) is 22.0. The Morgan fingerprint density at radius 3 is 3.00 bits per heavy atom. The Kier molecular flexibility index (Phi) is 4.38. The van der Waals surface area contributed by atoms with Gasteiger partial charge in [-0.1, -0.05) is 17.3 Å². The summed E-state index contributed by atoms with van der Waals surface area (Å²) in [6.07, 6.45) is 2.38. The zero-order valence-electron chi connectivity index (χ0n) is 12.8. The van der Waals surface area contributed by atoms with Crippen molar-refractivity contribution in [2.45, 2.75) is 38.3 Å². The van der Waals surface area contributed by atoms with Crippen LogP contribution in [0.25, 0.3) is 11.4 Å². The molecule has 0 spiro atoms. The number of nitrogens with zero attached hydrogens (tertiary/aromatic N) is 2. The number of amides is 1. The van der Waals surface area contributed by atoms with E-state index in [2.05, 4.69) is 15.5 Å². The fourth-order valence-corrected chi connectivity index (χ4v) is 2.80. The van der Waals surface area contributed by atoms with E-state index in [-0.39, 0.29) is 23.7 Å². The van der Waals surface area contributed by atoms with Gasteiger partial charge in [0.25, 0.3) is 0 Å². The monoisotopic (exact) mass is 318 g/mol. The number of rotatable bonds is 4. The lowest BCUT2D eigenvalue weighted by molar-refractivity contribution is -0.125. The van der Waals surface area contributed by atoms with Crippen molar-refractivity contribution in [3.63, 3.8) is 0 Å². The van der Waals surface area contributed by atoms with Gasteiger partial charge in [0.1, 0.15) is 11.9 Å². The van der Waals surface area contributed by atoms with Crippen LogP contribution in [0.2, 0.25) is 0 Å². The first-order valence-electron chi connectivity index (χ1n) is 7.68. The summed E-state index contributed by atoms with van der Waals surface area (Å²) < 4.78 is 18.4. The Morgan fingerprint density at radius 1 is 1.48 bits per heavy atom. The van der Waals surface area contributed by atoms with Crippen molar-refractivity contribution in [1.29, 1.82) is 0 Å². The zero-order valence-corrected chi connectivity index (χ0v) is 12.8. The van der Waals surface area contributed by atoms with Crippen molar-refractivity contribution in [3.8, 4) is 11.4 Å². The van der Waals surface area contributed by atoms with Gasteiger partial charge < -0.3 is 15.6 Å². The molecule has 0 saturated heterocycles. The summed E-state index contributed by atoms with van der Waals surface area (Å²) in [4.78, 5) is 16.4. The van der Waals surface area contributed by atoms with Gasteiger partial charge in [-0.3, -0.25) is 4.79 Å². The molecule has 0 aliphatic heterocycles. The third kappa shape index (κ3) is 3.56. The molecule has 2 aromatic rings. The van der Waals surface area contributed by atoms with Crippen LogP contribution in [0, 0.1) is 11.7 Å². The molecule has 3 rings (SSSR count). The lowest BCUT2D eigenvalue weighted by Crippen LogP contribution is -2.32. The predicted octanol–water partition coefficient (Wildman–Crippen LogP) is 2.18. The van der Waals surface area contributed by atoms with E-state index in [0.717, 1.165) is 12.8 Å². The van der Waals surface area contributed by atoms with Crippen LogP contribution in [0.5, 0.6) is 0 Å². The maximum absolute atomic E-state index is 13.2. The maximum Gasteiger partial charge on any atom is 0.249 e. The highest BCUT2D eigenvalue weighted by atomic mass is 19.1. The van der Waals surface area contributed by atoms with Gasteiger partial charge in [0.2, 0.25) is 17.6 Å². The van der Waals surface area contributed by atoms with Crippen molar-refractivity contribution < 1.29 is 13.7 Å². The fourth-order valence-electron chi connectivity index (χ4n) is 2.80. The maximum atomic E-state index is 13.2. The highest BCUT2D eigenvalue weighted by molar-refractivity contribution is 5.79. The lowest BCUT2D eigenvalue weighted by atomic mass is 10.1. The van der Waals surface area contributed by atoms with E-state index in [9.17, 15) is 9.18 Å². The summed E-state index contributed by atoms with van der Waals surface area (Å²) >= 11 is 0. The summed E-state index contributed by atoms with van der Waals surface area (Å²) in [5.74, 6) is 0.116. The SMILES string of the molecule is CC(NC(=O)C1CCC(N)C1)c1nc(-c2cccc(F)c2)no1. The molecule has 1 fully saturated rings. The molecule has 1 aliphatic rings. The molecule has 3 atom stereocenters. The number of hydrogen-bond donors (Lipinski definition) is 2. The van der Waals surface area contributed by atoms with Crippen LogP contribution in [0.4, 0.5) is 4.39 Å². The van der Waals surface area contributed by atoms with Crippen LogP contribution < -0.4 is 11.1 Å². The smallest absolute Gasteiger partial charge is 0.249 e. The first-order chi connectivity index (χ1) is 11.0. The highest BCUT2D eigenvalue weighted by Crippen LogP contribution is 2.25. The van der Waals surface area contributed by atoms with Crippen LogP contribution in [0.1, 0.15) is 38.1 Å². The van der Waals surface area contributed by atoms with Crippen LogP contribution >= 0.6 is 0 Å². The molecule has 1 amide bonds. The van der Waals surface area contributed by atoms with Crippen LogP contribution in [0.3, 0.4) is 0 Å². The fraction of sp³-hybridized carbons (Fsp3) is 0.438. The van der Waals surface area contributed by atoms with Crippen molar-refractivity contribution in [1.82, 2.24) is 15.5 Å². The van der Waals surface area contributed by atoms with Gasteiger partial charge in [0, 0.05) is 17.5 Å². The standard InChI is InChI=1S/C16H19FN4O2/c1-9(19-15(22)11-5-6-13(18)8-11)16-20-14(21-23-16)10-3-2-4-12(17)7-10/h2-4,7,9,11,13H,5-6,8,18H2,1H3,(H,19,22). The van der Waals surface area contributed by atoms with Gasteiger partial charge in [0.15, 0.2) is 0 Å². The molecule has 23 heavy (non-hydrogen) atoms. The molecule has 1 aliphatic carbocycles. The Morgan fingerprint density at radius 2 is 2.30 bits per heavy atom. The summed E-state index contributed by atoms with van der Waals surface area (Å²) in [6.45, 7) is 1.77. The number of nitrogens with two attached hydrogens (primary N) is 1. The predicted molar refractivity (Wildman–Crippen MR) is 81.6 cm³/mol. The Hall–Kier alpha value is -2.28. The molecule has 3 unspecified atom stereocenters. The average Bonchev–Trinajstić information content (AvgIpc) is 3.16. The second-order valence-electron chi connectivity index (χ2n) is 5.97. The van der Waals surface area contributed by atoms with Crippen molar-refractivity contribution >= 4 is 5.91 Å². The largest absolute Gasteiger partial charge is 0.344 e. The van der Waals surface area contributed by atoms with E-state index in [4.69, 9.17) is 10.3 Å². The third-order valence-electron chi connectivity index (χ3n) is 4.10. The molecule has 122 valence electrons. The molecule has 0 radical (unpaired) electrons. The Bertz CT molecular complexity index is 703. The third-order valence-corrected chi connectivity index (χ3v) is 4.10. The molecule has 1 saturated carbocycles. The van der Waals surface area contributed by atoms with E-state index in [1.54, 1.807) is 19.1 Å². The number of benzene rings is 1. The summed E-state index contributed by atoms with van der Waals surface area (Å²) in [7, 11) is 0. The van der Waals surface area contributed by atoms with Crippen molar-refractivity contribution in [2.75, 3.05) is 0 Å². The van der Waals surface area contributed by atoms with E-state index in [0.29, 0.717) is 23.7 Å². The topological polar surface area (TPSA) is 94.0 Å². The Balaban J connectivity index is 1.66. The average molecular weight is 318 g/mol. The molecule has 6 nitrogen and oxygen atoms in total. The molecule has 3 N–H and O–H groups in total. The number of carbonyl (C=O) groups is 1. The number of nitrogens with one attached hydrogen (secondary N) is 1. The zero-order chi connectivity index (χ0) is 16.4. The molecule has 1 aromatic carbocycles. The van der Waals surface area contributed by atoms with Crippen LogP contribution in [-0.2, 0) is 4.79 Å². The molecular formula is C16H19FN4O2. The minimum absolute atomic E-state index is 0.0454.